The molecule has 2 nitrogen and oxygen atoms in total. The molecule has 1 aromatic carbocycles. The van der Waals surface area contributed by atoms with E-state index in [0.29, 0.717) is 11.1 Å². The molecule has 1 aromatic rings. The second-order valence-corrected chi connectivity index (χ2v) is 5.73. The maximum absolute atomic E-state index is 10.8. The Labute approximate surface area is 134 Å². The van der Waals surface area contributed by atoms with E-state index < -0.39 is 0 Å². The van der Waals surface area contributed by atoms with E-state index in [0.717, 1.165) is 24.6 Å². The van der Waals surface area contributed by atoms with Crippen LogP contribution in [0.2, 0.25) is 0 Å². The monoisotopic (exact) mass is 299 g/mol. The van der Waals surface area contributed by atoms with Crippen molar-refractivity contribution >= 4 is 18.6 Å². The third kappa shape index (κ3) is 7.92. The zero-order valence-electron chi connectivity index (χ0n) is 13.6. The van der Waals surface area contributed by atoms with Crippen LogP contribution in [-0.2, 0) is 0 Å². The van der Waals surface area contributed by atoms with Crippen molar-refractivity contribution in [3.63, 3.8) is 0 Å². The first-order chi connectivity index (χ1) is 10.8. The number of benzene rings is 1. The number of carbonyl (C=O) groups is 2. The quantitative estimate of drug-likeness (QED) is 0.369. The van der Waals surface area contributed by atoms with Gasteiger partial charge in [0.1, 0.15) is 0 Å². The number of aldehydes is 2. The van der Waals surface area contributed by atoms with Gasteiger partial charge in [-0.2, -0.15) is 0 Å². The van der Waals surface area contributed by atoms with E-state index in [1.807, 2.05) is 6.08 Å². The molecule has 0 saturated carbocycles. The third-order valence-electron chi connectivity index (χ3n) is 3.72. The Bertz CT molecular complexity index is 448. The molecule has 0 fully saturated rings. The highest BCUT2D eigenvalue weighted by Gasteiger charge is 1.98. The Morgan fingerprint density at radius 2 is 1.41 bits per heavy atom. The number of hydrogen-bond acceptors (Lipinski definition) is 2. The normalized spacial score (nSPS) is 11.0. The van der Waals surface area contributed by atoms with Crippen LogP contribution in [0.25, 0.3) is 6.08 Å². The van der Waals surface area contributed by atoms with Crippen LogP contribution in [-0.4, -0.2) is 12.6 Å². The summed E-state index contributed by atoms with van der Waals surface area (Å²) in [6.07, 6.45) is 17.2. The molecule has 0 bridgehead atoms. The highest BCUT2D eigenvalue weighted by Crippen LogP contribution is 2.12. The molecule has 2 heteroatoms. The second-order valence-electron chi connectivity index (χ2n) is 5.73. The molecule has 22 heavy (non-hydrogen) atoms. The first kappa shape index (κ1) is 18.3. The summed E-state index contributed by atoms with van der Waals surface area (Å²) in [7, 11) is 0. The molecule has 0 aliphatic carbocycles. The first-order valence-corrected chi connectivity index (χ1v) is 8.44. The molecule has 0 amide bonds. The zero-order valence-corrected chi connectivity index (χ0v) is 13.6. The van der Waals surface area contributed by atoms with Crippen molar-refractivity contribution in [3.8, 4) is 0 Å². The average Bonchev–Trinajstić information content (AvgIpc) is 2.56. The van der Waals surface area contributed by atoms with Gasteiger partial charge in [0.2, 0.25) is 0 Å². The van der Waals surface area contributed by atoms with Crippen LogP contribution in [0.5, 0.6) is 0 Å². The fourth-order valence-electron chi connectivity index (χ4n) is 2.48. The number of unbranched alkanes of at least 4 members (excludes halogenated alkanes) is 8. The smallest absolute Gasteiger partial charge is 0.150 e. The van der Waals surface area contributed by atoms with Gasteiger partial charge in [-0.1, -0.05) is 64.0 Å². The van der Waals surface area contributed by atoms with E-state index in [2.05, 4.69) is 19.1 Å². The Hall–Kier alpha value is -1.70. The van der Waals surface area contributed by atoms with Crippen LogP contribution < -0.4 is 0 Å². The fraction of sp³-hybridized carbons (Fsp3) is 0.500. The summed E-state index contributed by atoms with van der Waals surface area (Å²) < 4.78 is 0. The third-order valence-corrected chi connectivity index (χ3v) is 3.72. The van der Waals surface area contributed by atoms with Crippen molar-refractivity contribution in [1.82, 2.24) is 0 Å². The van der Waals surface area contributed by atoms with Crippen molar-refractivity contribution in [2.24, 2.45) is 0 Å². The minimum absolute atomic E-state index is 0.427. The summed E-state index contributed by atoms with van der Waals surface area (Å²) in [5, 5.41) is 0. The lowest BCUT2D eigenvalue weighted by Crippen LogP contribution is -1.88. The number of rotatable bonds is 12. The first-order valence-electron chi connectivity index (χ1n) is 8.44. The van der Waals surface area contributed by atoms with Gasteiger partial charge in [0.25, 0.3) is 0 Å². The molecule has 1 rings (SSSR count). The summed E-state index contributed by atoms with van der Waals surface area (Å²) in [6.45, 7) is 2.24. The molecule has 0 unspecified atom stereocenters. The fourth-order valence-corrected chi connectivity index (χ4v) is 2.48. The molecular formula is C20H27O2. The van der Waals surface area contributed by atoms with Crippen LogP contribution in [0.15, 0.2) is 18.2 Å². The molecule has 0 heterocycles. The molecule has 0 N–H and O–H groups in total. The molecule has 1 radical (unpaired) electrons. The standard InChI is InChI=1S/C20H27O2/c1-2-3-4-5-6-7-8-9-10-11-12-18-13-19(16-21)15-20(14-18)17-22/h11-14,16-17H,2-10H2,1H3. The molecule has 0 saturated heterocycles. The predicted octanol–water partition coefficient (Wildman–Crippen LogP) is 5.66. The minimum atomic E-state index is 0.427. The van der Waals surface area contributed by atoms with E-state index in [1.165, 1.54) is 51.4 Å². The minimum Gasteiger partial charge on any atom is -0.298 e. The van der Waals surface area contributed by atoms with Gasteiger partial charge in [0, 0.05) is 17.2 Å². The largest absolute Gasteiger partial charge is 0.298 e. The topological polar surface area (TPSA) is 34.1 Å². The van der Waals surface area contributed by atoms with Crippen LogP contribution in [0, 0.1) is 6.07 Å². The lowest BCUT2D eigenvalue weighted by Gasteiger charge is -2.00. The van der Waals surface area contributed by atoms with Crippen molar-refractivity contribution in [3.05, 3.63) is 41.0 Å². The van der Waals surface area contributed by atoms with Crippen LogP contribution in [0.3, 0.4) is 0 Å². The van der Waals surface area contributed by atoms with E-state index in [9.17, 15) is 9.59 Å². The summed E-state index contributed by atoms with van der Waals surface area (Å²) in [4.78, 5) is 21.6. The Morgan fingerprint density at radius 3 is 1.95 bits per heavy atom. The maximum Gasteiger partial charge on any atom is 0.150 e. The molecule has 0 atom stereocenters. The Morgan fingerprint density at radius 1 is 0.864 bits per heavy atom. The molecule has 119 valence electrons. The van der Waals surface area contributed by atoms with Gasteiger partial charge in [-0.3, -0.25) is 9.59 Å². The lowest BCUT2D eigenvalue weighted by atomic mass is 10.0. The van der Waals surface area contributed by atoms with Gasteiger partial charge in [0.05, 0.1) is 0 Å². The maximum atomic E-state index is 10.8. The predicted molar refractivity (Wildman–Crippen MR) is 92.3 cm³/mol. The lowest BCUT2D eigenvalue weighted by molar-refractivity contribution is 0.112. The summed E-state index contributed by atoms with van der Waals surface area (Å²) in [5.74, 6) is 0. The molecule has 0 aliphatic heterocycles. The van der Waals surface area contributed by atoms with Crippen LogP contribution >= 0.6 is 0 Å². The van der Waals surface area contributed by atoms with Crippen molar-refractivity contribution in [2.75, 3.05) is 0 Å². The Kier molecular flexibility index (Phi) is 9.93. The number of hydrogen-bond donors (Lipinski definition) is 0. The highest BCUT2D eigenvalue weighted by molar-refractivity contribution is 5.83. The van der Waals surface area contributed by atoms with Crippen LogP contribution in [0.1, 0.15) is 91.0 Å². The van der Waals surface area contributed by atoms with Gasteiger partial charge in [-0.15, -0.1) is 0 Å². The number of allylic oxidation sites excluding steroid dienone is 1. The van der Waals surface area contributed by atoms with Gasteiger partial charge in [-0.05, 0) is 30.5 Å². The summed E-state index contributed by atoms with van der Waals surface area (Å²) >= 11 is 0. The summed E-state index contributed by atoms with van der Waals surface area (Å²) in [5.41, 5.74) is 1.75. The number of carbonyl (C=O) groups excluding carboxylic acids is 2. The molecule has 0 aliphatic rings. The zero-order chi connectivity index (χ0) is 16.0. The van der Waals surface area contributed by atoms with E-state index >= 15 is 0 Å². The van der Waals surface area contributed by atoms with Gasteiger partial charge in [-0.25, -0.2) is 0 Å². The SMILES string of the molecule is CCCCCCCCCCC=Cc1cc(C=O)[c]c(C=O)c1. The highest BCUT2D eigenvalue weighted by atomic mass is 16.1. The van der Waals surface area contributed by atoms with E-state index in [-0.39, 0.29) is 0 Å². The van der Waals surface area contributed by atoms with Crippen molar-refractivity contribution in [2.45, 2.75) is 64.7 Å². The van der Waals surface area contributed by atoms with E-state index in [4.69, 9.17) is 0 Å². The van der Waals surface area contributed by atoms with Gasteiger partial charge < -0.3 is 0 Å². The van der Waals surface area contributed by atoms with Gasteiger partial charge >= 0.3 is 0 Å². The second kappa shape index (κ2) is 11.9. The Balaban J connectivity index is 2.23. The summed E-state index contributed by atoms with van der Waals surface area (Å²) in [6, 6.07) is 6.26. The van der Waals surface area contributed by atoms with Crippen molar-refractivity contribution < 1.29 is 9.59 Å². The van der Waals surface area contributed by atoms with E-state index in [1.54, 1.807) is 12.1 Å². The molecular weight excluding hydrogens is 272 g/mol. The van der Waals surface area contributed by atoms with Gasteiger partial charge in [0.15, 0.2) is 12.6 Å². The van der Waals surface area contributed by atoms with Crippen molar-refractivity contribution in [1.29, 1.82) is 0 Å². The average molecular weight is 299 g/mol. The molecule has 0 spiro atoms. The molecule has 0 aromatic heterocycles. The van der Waals surface area contributed by atoms with Crippen LogP contribution in [0.4, 0.5) is 0 Å².